The van der Waals surface area contributed by atoms with Crippen molar-refractivity contribution in [1.82, 2.24) is 9.80 Å². The predicted molar refractivity (Wildman–Crippen MR) is 95.9 cm³/mol. The van der Waals surface area contributed by atoms with Crippen molar-refractivity contribution in [1.29, 1.82) is 0 Å². The van der Waals surface area contributed by atoms with Crippen LogP contribution in [0.4, 0.5) is 0 Å². The molecule has 1 atom stereocenters. The Hall–Kier alpha value is -1.79. The summed E-state index contributed by atoms with van der Waals surface area (Å²) in [5.41, 5.74) is 6.32. The number of nitrogens with zero attached hydrogens (tertiary/aromatic N) is 2. The average molecular weight is 366 g/mol. The lowest BCUT2D eigenvalue weighted by atomic mass is 10.0. The van der Waals surface area contributed by atoms with E-state index in [0.29, 0.717) is 42.4 Å². The molecule has 7 heteroatoms. The largest absolute Gasteiger partial charge is 0.496 e. The summed E-state index contributed by atoms with van der Waals surface area (Å²) >= 11 is 6.05. The molecule has 0 aliphatic carbocycles. The molecule has 2 amide bonds. The molecular formula is C18H24ClN3O3. The van der Waals surface area contributed by atoms with Gasteiger partial charge in [-0.05, 0) is 43.9 Å². The molecule has 2 aliphatic rings. The maximum atomic E-state index is 13.0. The molecule has 0 bridgehead atoms. The lowest BCUT2D eigenvalue weighted by molar-refractivity contribution is -0.136. The second-order valence-electron chi connectivity index (χ2n) is 6.66. The lowest BCUT2D eigenvalue weighted by Gasteiger charge is -2.34. The highest BCUT2D eigenvalue weighted by molar-refractivity contribution is 6.31. The number of likely N-dealkylation sites (tertiary alicyclic amines) is 2. The van der Waals surface area contributed by atoms with Gasteiger partial charge in [0.05, 0.1) is 12.7 Å². The molecule has 25 heavy (non-hydrogen) atoms. The van der Waals surface area contributed by atoms with Crippen molar-refractivity contribution in [3.05, 3.63) is 28.8 Å². The van der Waals surface area contributed by atoms with Gasteiger partial charge in [-0.2, -0.15) is 0 Å². The minimum Gasteiger partial charge on any atom is -0.496 e. The molecule has 3 rings (SSSR count). The van der Waals surface area contributed by atoms with E-state index in [4.69, 9.17) is 22.1 Å². The number of carbonyl (C=O) groups is 2. The molecule has 0 saturated carbocycles. The molecule has 0 spiro atoms. The molecule has 1 aromatic rings. The smallest absolute Gasteiger partial charge is 0.258 e. The number of nitrogens with two attached hydrogens (primary N) is 1. The van der Waals surface area contributed by atoms with Gasteiger partial charge in [0.1, 0.15) is 11.8 Å². The van der Waals surface area contributed by atoms with Gasteiger partial charge in [0, 0.05) is 30.7 Å². The van der Waals surface area contributed by atoms with E-state index >= 15 is 0 Å². The van der Waals surface area contributed by atoms with Crippen LogP contribution in [0.3, 0.4) is 0 Å². The zero-order chi connectivity index (χ0) is 18.0. The third-order valence-electron chi connectivity index (χ3n) is 5.04. The SMILES string of the molecule is COc1ccc(Cl)cc1C(=O)N1CCCC1C(=O)N1CCC(N)CC1. The summed E-state index contributed by atoms with van der Waals surface area (Å²) in [5.74, 6) is 0.291. The molecule has 6 nitrogen and oxygen atoms in total. The molecule has 1 aromatic carbocycles. The summed E-state index contributed by atoms with van der Waals surface area (Å²) in [6.45, 7) is 1.90. The average Bonchev–Trinajstić information content (AvgIpc) is 3.10. The zero-order valence-electron chi connectivity index (χ0n) is 14.4. The van der Waals surface area contributed by atoms with E-state index < -0.39 is 6.04 Å². The molecule has 1 unspecified atom stereocenters. The summed E-state index contributed by atoms with van der Waals surface area (Å²) in [5, 5.41) is 0.469. The van der Waals surface area contributed by atoms with Crippen molar-refractivity contribution in [2.24, 2.45) is 5.73 Å². The van der Waals surface area contributed by atoms with Gasteiger partial charge in [0.15, 0.2) is 0 Å². The second kappa shape index (κ2) is 7.62. The molecule has 0 aromatic heterocycles. The van der Waals surface area contributed by atoms with E-state index in [9.17, 15) is 9.59 Å². The molecule has 2 N–H and O–H groups in total. The van der Waals surface area contributed by atoms with Gasteiger partial charge >= 0.3 is 0 Å². The zero-order valence-corrected chi connectivity index (χ0v) is 15.2. The topological polar surface area (TPSA) is 75.9 Å². The van der Waals surface area contributed by atoms with E-state index in [-0.39, 0.29) is 17.9 Å². The van der Waals surface area contributed by atoms with E-state index in [1.807, 2.05) is 4.90 Å². The highest BCUT2D eigenvalue weighted by Gasteiger charge is 2.38. The molecular weight excluding hydrogens is 342 g/mol. The van der Waals surface area contributed by atoms with Gasteiger partial charge in [-0.3, -0.25) is 9.59 Å². The Morgan fingerprint density at radius 3 is 2.60 bits per heavy atom. The Kier molecular flexibility index (Phi) is 5.49. The van der Waals surface area contributed by atoms with Crippen molar-refractivity contribution >= 4 is 23.4 Å². The van der Waals surface area contributed by atoms with Gasteiger partial charge in [0.2, 0.25) is 5.91 Å². The molecule has 2 saturated heterocycles. The van der Waals surface area contributed by atoms with Crippen LogP contribution in [0.5, 0.6) is 5.75 Å². The van der Waals surface area contributed by atoms with Crippen LogP contribution < -0.4 is 10.5 Å². The van der Waals surface area contributed by atoms with Crippen LogP contribution in [-0.4, -0.2) is 60.4 Å². The van der Waals surface area contributed by atoms with Crippen LogP contribution in [0.25, 0.3) is 0 Å². The molecule has 2 aliphatic heterocycles. The number of benzene rings is 1. The Bertz CT molecular complexity index is 659. The van der Waals surface area contributed by atoms with Crippen LogP contribution >= 0.6 is 11.6 Å². The summed E-state index contributed by atoms with van der Waals surface area (Å²) in [4.78, 5) is 29.4. The fourth-order valence-electron chi connectivity index (χ4n) is 3.60. The first-order valence-corrected chi connectivity index (χ1v) is 9.08. The van der Waals surface area contributed by atoms with E-state index in [1.54, 1.807) is 23.1 Å². The fourth-order valence-corrected chi connectivity index (χ4v) is 3.77. The molecule has 0 radical (unpaired) electrons. The highest BCUT2D eigenvalue weighted by Crippen LogP contribution is 2.28. The highest BCUT2D eigenvalue weighted by atomic mass is 35.5. The molecule has 136 valence electrons. The van der Waals surface area contributed by atoms with Crippen LogP contribution in [0.15, 0.2) is 18.2 Å². The van der Waals surface area contributed by atoms with Crippen LogP contribution in [0, 0.1) is 0 Å². The Balaban J connectivity index is 1.78. The van der Waals surface area contributed by atoms with Crippen molar-refractivity contribution in [2.75, 3.05) is 26.7 Å². The Morgan fingerprint density at radius 2 is 1.92 bits per heavy atom. The minimum absolute atomic E-state index is 0.0266. The summed E-state index contributed by atoms with van der Waals surface area (Å²) in [6, 6.07) is 4.71. The fraction of sp³-hybridized carbons (Fsp3) is 0.556. The van der Waals surface area contributed by atoms with E-state index in [0.717, 1.165) is 19.3 Å². The van der Waals surface area contributed by atoms with Gasteiger partial charge in [-0.25, -0.2) is 0 Å². The Labute approximate surface area is 152 Å². The second-order valence-corrected chi connectivity index (χ2v) is 7.10. The Morgan fingerprint density at radius 1 is 1.20 bits per heavy atom. The normalized spacial score (nSPS) is 21.5. The van der Waals surface area contributed by atoms with Crippen LogP contribution in [-0.2, 0) is 4.79 Å². The number of amides is 2. The lowest BCUT2D eigenvalue weighted by Crippen LogP contribution is -2.51. The van der Waals surface area contributed by atoms with Gasteiger partial charge < -0.3 is 20.3 Å². The summed E-state index contributed by atoms with van der Waals surface area (Å²) in [7, 11) is 1.52. The van der Waals surface area contributed by atoms with E-state index in [2.05, 4.69) is 0 Å². The minimum atomic E-state index is -0.412. The molecule has 2 fully saturated rings. The first kappa shape index (κ1) is 18.0. The van der Waals surface area contributed by atoms with Gasteiger partial charge in [-0.1, -0.05) is 11.6 Å². The quantitative estimate of drug-likeness (QED) is 0.887. The van der Waals surface area contributed by atoms with Crippen LogP contribution in [0.1, 0.15) is 36.0 Å². The number of hydrogen-bond donors (Lipinski definition) is 1. The number of hydrogen-bond acceptors (Lipinski definition) is 4. The number of rotatable bonds is 3. The number of methoxy groups -OCH3 is 1. The third-order valence-corrected chi connectivity index (χ3v) is 5.28. The first-order valence-electron chi connectivity index (χ1n) is 8.70. The number of ether oxygens (including phenoxy) is 1. The number of piperidine rings is 1. The van der Waals surface area contributed by atoms with Crippen molar-refractivity contribution in [3.63, 3.8) is 0 Å². The van der Waals surface area contributed by atoms with E-state index in [1.165, 1.54) is 7.11 Å². The standard InChI is InChI=1S/C18H24ClN3O3/c1-25-16-5-4-12(19)11-14(16)17(23)22-8-2-3-15(22)18(24)21-9-6-13(20)7-10-21/h4-5,11,13,15H,2-3,6-10,20H2,1H3. The van der Waals surface area contributed by atoms with Crippen molar-refractivity contribution < 1.29 is 14.3 Å². The monoisotopic (exact) mass is 365 g/mol. The first-order chi connectivity index (χ1) is 12.0. The van der Waals surface area contributed by atoms with Gasteiger partial charge in [-0.15, -0.1) is 0 Å². The molecule has 2 heterocycles. The summed E-state index contributed by atoms with van der Waals surface area (Å²) in [6.07, 6.45) is 3.14. The summed E-state index contributed by atoms with van der Waals surface area (Å²) < 4.78 is 5.29. The maximum absolute atomic E-state index is 13.0. The number of carbonyl (C=O) groups excluding carboxylic acids is 2. The van der Waals surface area contributed by atoms with Gasteiger partial charge in [0.25, 0.3) is 5.91 Å². The number of halogens is 1. The predicted octanol–water partition coefficient (Wildman–Crippen LogP) is 1.90. The van der Waals surface area contributed by atoms with Crippen molar-refractivity contribution in [3.8, 4) is 5.75 Å². The van der Waals surface area contributed by atoms with Crippen molar-refractivity contribution in [2.45, 2.75) is 37.8 Å². The maximum Gasteiger partial charge on any atom is 0.258 e. The van der Waals surface area contributed by atoms with Crippen LogP contribution in [0.2, 0.25) is 5.02 Å². The third kappa shape index (κ3) is 3.75.